The first-order chi connectivity index (χ1) is 8.99. The molecular formula is C14H15N3OS. The van der Waals surface area contributed by atoms with E-state index in [0.717, 1.165) is 17.1 Å². The topological polar surface area (TPSA) is 61.0 Å². The summed E-state index contributed by atoms with van der Waals surface area (Å²) in [5.74, 6) is 1.30. The van der Waals surface area contributed by atoms with Crippen LogP contribution in [0.2, 0.25) is 0 Å². The van der Waals surface area contributed by atoms with Gasteiger partial charge in [0.2, 0.25) is 0 Å². The average molecular weight is 273 g/mol. The fraction of sp³-hybridized carbons (Fsp3) is 0.214. The molecule has 5 heteroatoms. The Balaban J connectivity index is 2.51. The smallest absolute Gasteiger partial charge is 0.148 e. The molecular weight excluding hydrogens is 258 g/mol. The monoisotopic (exact) mass is 273 g/mol. The summed E-state index contributed by atoms with van der Waals surface area (Å²) < 4.78 is 5.89. The molecule has 0 aliphatic rings. The summed E-state index contributed by atoms with van der Waals surface area (Å²) in [4.78, 5) is 8.83. The minimum absolute atomic E-state index is 0.279. The largest absolute Gasteiger partial charge is 0.455 e. The van der Waals surface area contributed by atoms with E-state index in [1.54, 1.807) is 6.20 Å². The molecule has 0 saturated heterocycles. The zero-order valence-corrected chi connectivity index (χ0v) is 11.9. The highest BCUT2D eigenvalue weighted by atomic mass is 32.1. The van der Waals surface area contributed by atoms with Crippen molar-refractivity contribution in [3.63, 3.8) is 0 Å². The molecule has 2 aromatic heterocycles. The Morgan fingerprint density at radius 3 is 2.58 bits per heavy atom. The standard InChI is InChI=1S/C14H15N3OS/c1-8-7-12(13(14(15)19)10(3)17-8)18-11-5-4-6-16-9(11)2/h4-7H,1-3H3,(H2,15,19). The van der Waals surface area contributed by atoms with Crippen molar-refractivity contribution in [2.45, 2.75) is 20.8 Å². The second-order valence-electron chi connectivity index (χ2n) is 4.28. The van der Waals surface area contributed by atoms with Crippen molar-refractivity contribution in [3.05, 3.63) is 47.0 Å². The van der Waals surface area contributed by atoms with Crippen molar-refractivity contribution in [1.29, 1.82) is 0 Å². The first-order valence-electron chi connectivity index (χ1n) is 5.86. The number of thiocarbonyl (C=S) groups is 1. The van der Waals surface area contributed by atoms with E-state index in [0.29, 0.717) is 17.1 Å². The fourth-order valence-corrected chi connectivity index (χ4v) is 2.12. The number of ether oxygens (including phenoxy) is 1. The molecule has 98 valence electrons. The molecule has 0 unspecified atom stereocenters. The van der Waals surface area contributed by atoms with Crippen LogP contribution in [0.1, 0.15) is 22.6 Å². The van der Waals surface area contributed by atoms with Gasteiger partial charge < -0.3 is 10.5 Å². The number of rotatable bonds is 3. The molecule has 0 aliphatic carbocycles. The molecule has 0 bridgehead atoms. The van der Waals surface area contributed by atoms with E-state index in [2.05, 4.69) is 9.97 Å². The predicted molar refractivity (Wildman–Crippen MR) is 78.6 cm³/mol. The fourth-order valence-electron chi connectivity index (χ4n) is 1.87. The van der Waals surface area contributed by atoms with Gasteiger partial charge in [-0.05, 0) is 32.9 Å². The summed E-state index contributed by atoms with van der Waals surface area (Å²) in [7, 11) is 0. The van der Waals surface area contributed by atoms with Crippen molar-refractivity contribution in [1.82, 2.24) is 9.97 Å². The van der Waals surface area contributed by atoms with Gasteiger partial charge in [0.1, 0.15) is 16.5 Å². The SMILES string of the molecule is Cc1cc(Oc2cccnc2C)c(C(N)=S)c(C)n1. The number of aryl methyl sites for hydroxylation is 3. The van der Waals surface area contributed by atoms with Gasteiger partial charge in [-0.15, -0.1) is 0 Å². The number of nitrogens with two attached hydrogens (primary N) is 1. The van der Waals surface area contributed by atoms with Crippen LogP contribution < -0.4 is 10.5 Å². The lowest BCUT2D eigenvalue weighted by atomic mass is 10.1. The summed E-state index contributed by atoms with van der Waals surface area (Å²) in [6.45, 7) is 5.65. The highest BCUT2D eigenvalue weighted by molar-refractivity contribution is 7.80. The Kier molecular flexibility index (Phi) is 3.76. The summed E-state index contributed by atoms with van der Waals surface area (Å²) in [5.41, 5.74) is 8.86. The van der Waals surface area contributed by atoms with E-state index in [1.165, 1.54) is 0 Å². The zero-order chi connectivity index (χ0) is 14.0. The van der Waals surface area contributed by atoms with Crippen LogP contribution in [0.5, 0.6) is 11.5 Å². The molecule has 0 amide bonds. The Labute approximate surface area is 117 Å². The molecule has 0 fully saturated rings. The second-order valence-corrected chi connectivity index (χ2v) is 4.72. The summed E-state index contributed by atoms with van der Waals surface area (Å²) >= 11 is 5.07. The molecule has 2 heterocycles. The van der Waals surface area contributed by atoms with E-state index < -0.39 is 0 Å². The third-order valence-electron chi connectivity index (χ3n) is 2.72. The molecule has 19 heavy (non-hydrogen) atoms. The molecule has 2 N–H and O–H groups in total. The predicted octanol–water partition coefficient (Wildman–Crippen LogP) is 2.83. The molecule has 0 atom stereocenters. The van der Waals surface area contributed by atoms with Gasteiger partial charge in [-0.1, -0.05) is 12.2 Å². The minimum Gasteiger partial charge on any atom is -0.455 e. The van der Waals surface area contributed by atoms with E-state index in [9.17, 15) is 0 Å². The van der Waals surface area contributed by atoms with Gasteiger partial charge in [0.05, 0.1) is 17.0 Å². The molecule has 2 rings (SSSR count). The number of hydrogen-bond donors (Lipinski definition) is 1. The number of hydrogen-bond acceptors (Lipinski definition) is 4. The van der Waals surface area contributed by atoms with Crippen LogP contribution in [0.15, 0.2) is 24.4 Å². The van der Waals surface area contributed by atoms with Crippen LogP contribution in [0.4, 0.5) is 0 Å². The molecule has 4 nitrogen and oxygen atoms in total. The maximum atomic E-state index is 5.89. The van der Waals surface area contributed by atoms with Gasteiger partial charge in [-0.2, -0.15) is 0 Å². The van der Waals surface area contributed by atoms with Gasteiger partial charge in [-0.3, -0.25) is 9.97 Å². The number of aromatic nitrogens is 2. The maximum Gasteiger partial charge on any atom is 0.148 e. The Morgan fingerprint density at radius 2 is 1.95 bits per heavy atom. The van der Waals surface area contributed by atoms with E-state index in [4.69, 9.17) is 22.7 Å². The average Bonchev–Trinajstić information content (AvgIpc) is 2.30. The zero-order valence-electron chi connectivity index (χ0n) is 11.1. The van der Waals surface area contributed by atoms with Crippen molar-refractivity contribution in [2.24, 2.45) is 5.73 Å². The van der Waals surface area contributed by atoms with Crippen molar-refractivity contribution in [3.8, 4) is 11.5 Å². The lowest BCUT2D eigenvalue weighted by Crippen LogP contribution is -2.14. The lowest BCUT2D eigenvalue weighted by Gasteiger charge is -2.14. The molecule has 0 radical (unpaired) electrons. The Morgan fingerprint density at radius 1 is 1.21 bits per heavy atom. The minimum atomic E-state index is 0.279. The van der Waals surface area contributed by atoms with Gasteiger partial charge in [-0.25, -0.2) is 0 Å². The maximum absolute atomic E-state index is 5.89. The Hall–Kier alpha value is -2.01. The molecule has 0 aliphatic heterocycles. The third kappa shape index (κ3) is 2.88. The van der Waals surface area contributed by atoms with Gasteiger partial charge in [0.25, 0.3) is 0 Å². The van der Waals surface area contributed by atoms with Crippen LogP contribution in [-0.4, -0.2) is 15.0 Å². The van der Waals surface area contributed by atoms with E-state index in [1.807, 2.05) is 39.0 Å². The quantitative estimate of drug-likeness (QED) is 0.871. The second kappa shape index (κ2) is 5.32. The van der Waals surface area contributed by atoms with Crippen LogP contribution >= 0.6 is 12.2 Å². The highest BCUT2D eigenvalue weighted by Crippen LogP contribution is 2.28. The number of pyridine rings is 2. The van der Waals surface area contributed by atoms with Crippen molar-refractivity contribution in [2.75, 3.05) is 0 Å². The summed E-state index contributed by atoms with van der Waals surface area (Å²) in [5, 5.41) is 0. The first kappa shape index (κ1) is 13.4. The van der Waals surface area contributed by atoms with Crippen molar-refractivity contribution >= 4 is 17.2 Å². The van der Waals surface area contributed by atoms with Crippen LogP contribution in [0.3, 0.4) is 0 Å². The van der Waals surface area contributed by atoms with Gasteiger partial charge in [0, 0.05) is 18.0 Å². The summed E-state index contributed by atoms with van der Waals surface area (Å²) in [6.07, 6.45) is 1.72. The van der Waals surface area contributed by atoms with E-state index in [-0.39, 0.29) is 4.99 Å². The first-order valence-corrected chi connectivity index (χ1v) is 6.27. The normalized spacial score (nSPS) is 10.3. The highest BCUT2D eigenvalue weighted by Gasteiger charge is 2.14. The van der Waals surface area contributed by atoms with E-state index >= 15 is 0 Å². The molecule has 2 aromatic rings. The molecule has 0 aromatic carbocycles. The van der Waals surface area contributed by atoms with Gasteiger partial charge in [0.15, 0.2) is 0 Å². The van der Waals surface area contributed by atoms with Crippen LogP contribution in [-0.2, 0) is 0 Å². The molecule has 0 spiro atoms. The van der Waals surface area contributed by atoms with Crippen LogP contribution in [0, 0.1) is 20.8 Å². The number of nitrogens with zero attached hydrogens (tertiary/aromatic N) is 2. The molecule has 0 saturated carbocycles. The van der Waals surface area contributed by atoms with Gasteiger partial charge >= 0.3 is 0 Å². The third-order valence-corrected chi connectivity index (χ3v) is 2.92. The Bertz CT molecular complexity index is 641. The van der Waals surface area contributed by atoms with Crippen molar-refractivity contribution < 1.29 is 4.74 Å². The summed E-state index contributed by atoms with van der Waals surface area (Å²) in [6, 6.07) is 5.51. The lowest BCUT2D eigenvalue weighted by molar-refractivity contribution is 0.473. The van der Waals surface area contributed by atoms with Crippen LogP contribution in [0.25, 0.3) is 0 Å².